The molecule has 12 nitrogen and oxygen atoms in total. The first kappa shape index (κ1) is 31.5. The normalized spacial score (nSPS) is 18.2. The topological polar surface area (TPSA) is 159 Å². The van der Waals surface area contributed by atoms with Crippen LogP contribution in [0.15, 0.2) is 40.6 Å². The lowest BCUT2D eigenvalue weighted by molar-refractivity contribution is -0.150. The molecule has 2 aromatic rings. The maximum Gasteiger partial charge on any atom is 0.263 e. The third-order valence-corrected chi connectivity index (χ3v) is 11.5. The average molecular weight is 627 g/mol. The fourth-order valence-electron chi connectivity index (χ4n) is 3.60. The van der Waals surface area contributed by atoms with E-state index in [1.165, 1.54) is 30.3 Å². The number of piperazine rings is 1. The van der Waals surface area contributed by atoms with Gasteiger partial charge < -0.3 is 0 Å². The summed E-state index contributed by atoms with van der Waals surface area (Å²) in [4.78, 5) is 19.0. The second-order valence-corrected chi connectivity index (χ2v) is 16.9. The van der Waals surface area contributed by atoms with Crippen molar-refractivity contribution in [2.24, 2.45) is 0 Å². The summed E-state index contributed by atoms with van der Waals surface area (Å²) < 4.78 is 92.9. The van der Waals surface area contributed by atoms with Crippen molar-refractivity contribution in [1.82, 2.24) is 18.8 Å². The molecule has 0 aliphatic carbocycles. The van der Waals surface area contributed by atoms with Crippen LogP contribution in [0.4, 0.5) is 4.39 Å². The Hall–Kier alpha value is -1.99. The standard InChI is InChI=1S/C22H31FN4O8S4/c1-22(2,3)35-25-21(28)18-15-26(38(31,32)14-11-24-37(4,29)30)12-13-27(18)39(33,34)20-10-9-19(36-20)16-5-7-17(23)8-6-16/h5-10,18,24H,11-15H2,1-4H3,(H,25,28)/t18-/m1/s1. The predicted octanol–water partition coefficient (Wildman–Crippen LogP) is 0.954. The Balaban J connectivity index is 1.88. The number of halogens is 1. The number of rotatable bonds is 10. The van der Waals surface area contributed by atoms with Gasteiger partial charge in [-0.25, -0.2) is 39.8 Å². The maximum absolute atomic E-state index is 13.7. The minimum absolute atomic E-state index is 0.0787. The van der Waals surface area contributed by atoms with E-state index in [2.05, 4.69) is 10.2 Å². The van der Waals surface area contributed by atoms with Crippen molar-refractivity contribution in [1.29, 1.82) is 0 Å². The predicted molar refractivity (Wildman–Crippen MR) is 145 cm³/mol. The first-order valence-electron chi connectivity index (χ1n) is 11.7. The summed E-state index contributed by atoms with van der Waals surface area (Å²) in [5.41, 5.74) is 2.02. The quantitative estimate of drug-likeness (QED) is 0.369. The van der Waals surface area contributed by atoms with Crippen LogP contribution in [-0.4, -0.2) is 89.6 Å². The van der Waals surface area contributed by atoms with Crippen LogP contribution >= 0.6 is 11.3 Å². The van der Waals surface area contributed by atoms with Crippen LogP contribution in [0.3, 0.4) is 0 Å². The summed E-state index contributed by atoms with van der Waals surface area (Å²) in [7, 11) is -11.9. The molecule has 2 heterocycles. The molecular formula is C22H31FN4O8S4. The van der Waals surface area contributed by atoms with Crippen LogP contribution < -0.4 is 10.2 Å². The number of hydrogen-bond acceptors (Lipinski definition) is 9. The Labute approximate surface area is 232 Å². The highest BCUT2D eigenvalue weighted by Gasteiger charge is 2.44. The third kappa shape index (κ3) is 8.50. The van der Waals surface area contributed by atoms with Crippen LogP contribution in [0.25, 0.3) is 10.4 Å². The molecule has 17 heteroatoms. The van der Waals surface area contributed by atoms with Crippen molar-refractivity contribution >= 4 is 47.3 Å². The van der Waals surface area contributed by atoms with Crippen LogP contribution in [0.2, 0.25) is 0 Å². The van der Waals surface area contributed by atoms with Gasteiger partial charge in [-0.05, 0) is 50.6 Å². The molecule has 1 fully saturated rings. The van der Waals surface area contributed by atoms with Crippen LogP contribution in [0, 0.1) is 5.82 Å². The second-order valence-electron chi connectivity index (χ2n) is 9.78. The largest absolute Gasteiger partial charge is 0.271 e. The Bertz CT molecular complexity index is 1500. The van der Waals surface area contributed by atoms with Gasteiger partial charge in [0.2, 0.25) is 20.0 Å². The van der Waals surface area contributed by atoms with Crippen molar-refractivity contribution in [2.75, 3.05) is 38.2 Å². The number of carbonyl (C=O) groups is 1. The van der Waals surface area contributed by atoms with Gasteiger partial charge in [-0.2, -0.15) is 8.61 Å². The fraction of sp³-hybridized carbons (Fsp3) is 0.500. The van der Waals surface area contributed by atoms with E-state index in [1.54, 1.807) is 26.8 Å². The summed E-state index contributed by atoms with van der Waals surface area (Å²) >= 11 is 0.931. The van der Waals surface area contributed by atoms with Gasteiger partial charge >= 0.3 is 0 Å². The molecule has 0 radical (unpaired) electrons. The molecule has 1 atom stereocenters. The molecule has 218 valence electrons. The zero-order valence-corrected chi connectivity index (χ0v) is 25.0. The number of benzene rings is 1. The molecule has 1 amide bonds. The Morgan fingerprint density at radius 1 is 1.05 bits per heavy atom. The van der Waals surface area contributed by atoms with E-state index in [-0.39, 0.29) is 23.8 Å². The Morgan fingerprint density at radius 3 is 2.28 bits per heavy atom. The summed E-state index contributed by atoms with van der Waals surface area (Å²) in [6.07, 6.45) is 0.894. The number of carbonyl (C=O) groups excluding carboxylic acids is 1. The van der Waals surface area contributed by atoms with Gasteiger partial charge in [-0.15, -0.1) is 11.3 Å². The van der Waals surface area contributed by atoms with E-state index in [9.17, 15) is 34.4 Å². The van der Waals surface area contributed by atoms with E-state index in [4.69, 9.17) is 4.84 Å². The lowest BCUT2D eigenvalue weighted by Crippen LogP contribution is -2.62. The molecule has 0 bridgehead atoms. The summed E-state index contributed by atoms with van der Waals surface area (Å²) in [6, 6.07) is 7.01. The van der Waals surface area contributed by atoms with Gasteiger partial charge in [-0.3, -0.25) is 9.63 Å². The van der Waals surface area contributed by atoms with E-state index >= 15 is 0 Å². The number of hydroxylamine groups is 1. The van der Waals surface area contributed by atoms with Gasteiger partial charge in [0.1, 0.15) is 16.1 Å². The first-order chi connectivity index (χ1) is 17.9. The molecule has 0 unspecified atom stereocenters. The van der Waals surface area contributed by atoms with Crippen molar-refractivity contribution in [2.45, 2.75) is 36.6 Å². The van der Waals surface area contributed by atoms with E-state index < -0.39 is 65.7 Å². The SMILES string of the molecule is CC(C)(C)ONC(=O)[C@H]1CN(S(=O)(=O)CCNS(C)(=O)=O)CCN1S(=O)(=O)c1ccc(-c2ccc(F)cc2)s1. The molecule has 39 heavy (non-hydrogen) atoms. The lowest BCUT2D eigenvalue weighted by Gasteiger charge is -2.38. The second kappa shape index (κ2) is 11.9. The Morgan fingerprint density at radius 2 is 1.69 bits per heavy atom. The zero-order valence-electron chi connectivity index (χ0n) is 21.7. The zero-order chi connectivity index (χ0) is 29.2. The molecule has 1 aromatic heterocycles. The van der Waals surface area contributed by atoms with Crippen LogP contribution in [0.5, 0.6) is 0 Å². The monoisotopic (exact) mass is 626 g/mol. The molecule has 0 saturated carbocycles. The van der Waals surface area contributed by atoms with Gasteiger partial charge in [0.15, 0.2) is 0 Å². The van der Waals surface area contributed by atoms with E-state index in [0.29, 0.717) is 10.4 Å². The third-order valence-electron chi connectivity index (χ3n) is 5.45. The fourth-order valence-corrected chi connectivity index (χ4v) is 8.56. The van der Waals surface area contributed by atoms with Gasteiger partial charge in [0, 0.05) is 31.1 Å². The number of nitrogens with one attached hydrogen (secondary N) is 2. The molecule has 1 aliphatic heterocycles. The molecule has 1 saturated heterocycles. The summed E-state index contributed by atoms with van der Waals surface area (Å²) in [6.45, 7) is 3.52. The minimum Gasteiger partial charge on any atom is -0.271 e. The van der Waals surface area contributed by atoms with Gasteiger partial charge in [0.05, 0.1) is 17.6 Å². The van der Waals surface area contributed by atoms with Crippen LogP contribution in [-0.2, 0) is 39.7 Å². The van der Waals surface area contributed by atoms with Crippen molar-refractivity contribution in [3.8, 4) is 10.4 Å². The smallest absolute Gasteiger partial charge is 0.263 e. The molecule has 3 rings (SSSR count). The molecular weight excluding hydrogens is 596 g/mol. The molecule has 0 spiro atoms. The highest BCUT2D eigenvalue weighted by atomic mass is 32.2. The summed E-state index contributed by atoms with van der Waals surface area (Å²) in [5.74, 6) is -1.88. The first-order valence-corrected chi connectivity index (χ1v) is 17.4. The van der Waals surface area contributed by atoms with Crippen molar-refractivity contribution in [3.63, 3.8) is 0 Å². The number of amides is 1. The molecule has 2 N–H and O–H groups in total. The van der Waals surface area contributed by atoms with Crippen molar-refractivity contribution in [3.05, 3.63) is 42.2 Å². The van der Waals surface area contributed by atoms with E-state index in [1.807, 2.05) is 0 Å². The number of hydrogen-bond donors (Lipinski definition) is 2. The van der Waals surface area contributed by atoms with Crippen LogP contribution in [0.1, 0.15) is 20.8 Å². The molecule has 1 aromatic carbocycles. The number of thiophene rings is 1. The minimum atomic E-state index is -4.26. The number of nitrogens with zero attached hydrogens (tertiary/aromatic N) is 2. The van der Waals surface area contributed by atoms with E-state index in [0.717, 1.165) is 26.2 Å². The number of sulfonamides is 3. The highest BCUT2D eigenvalue weighted by Crippen LogP contribution is 2.34. The summed E-state index contributed by atoms with van der Waals surface area (Å²) in [5, 5.41) is 0. The molecule has 1 aliphatic rings. The Kier molecular flexibility index (Phi) is 9.59. The van der Waals surface area contributed by atoms with Gasteiger partial charge in [0.25, 0.3) is 15.9 Å². The average Bonchev–Trinajstić information content (AvgIpc) is 3.32. The lowest BCUT2D eigenvalue weighted by atomic mass is 10.2. The van der Waals surface area contributed by atoms with Crippen molar-refractivity contribution < 1.29 is 39.3 Å². The highest BCUT2D eigenvalue weighted by molar-refractivity contribution is 7.91. The maximum atomic E-state index is 13.7. The van der Waals surface area contributed by atoms with Gasteiger partial charge in [-0.1, -0.05) is 12.1 Å².